The zero-order valence-corrected chi connectivity index (χ0v) is 13.4. The number of thiophene rings is 1. The van der Waals surface area contributed by atoms with E-state index in [1.807, 2.05) is 11.3 Å². The molecule has 0 amide bonds. The van der Waals surface area contributed by atoms with Crippen LogP contribution in [0.4, 0.5) is 0 Å². The first-order valence-electron chi connectivity index (χ1n) is 7.05. The van der Waals surface area contributed by atoms with E-state index in [9.17, 15) is 5.11 Å². The first-order valence-corrected chi connectivity index (χ1v) is 7.87. The van der Waals surface area contributed by atoms with E-state index in [-0.39, 0.29) is 6.61 Å². The fourth-order valence-corrected chi connectivity index (χ4v) is 2.92. The highest BCUT2D eigenvalue weighted by Gasteiger charge is 2.17. The predicted molar refractivity (Wildman–Crippen MR) is 84.9 cm³/mol. The Labute approximate surface area is 126 Å². The van der Waals surface area contributed by atoms with Crippen molar-refractivity contribution >= 4 is 11.3 Å². The second kappa shape index (κ2) is 9.15. The zero-order valence-electron chi connectivity index (χ0n) is 12.6. The lowest BCUT2D eigenvalue weighted by Crippen LogP contribution is -2.39. The maximum absolute atomic E-state index is 10.0. The molecule has 0 fully saturated rings. The highest BCUT2D eigenvalue weighted by atomic mass is 32.1. The van der Waals surface area contributed by atoms with Gasteiger partial charge in [-0.15, -0.1) is 17.8 Å². The van der Waals surface area contributed by atoms with Crippen molar-refractivity contribution in [1.82, 2.24) is 4.90 Å². The van der Waals surface area contributed by atoms with Crippen molar-refractivity contribution in [1.29, 1.82) is 0 Å². The molecule has 0 aliphatic rings. The van der Waals surface area contributed by atoms with Gasteiger partial charge in [-0.05, 0) is 32.4 Å². The van der Waals surface area contributed by atoms with E-state index in [1.54, 1.807) is 0 Å². The molecule has 2 atom stereocenters. The Morgan fingerprint density at radius 1 is 1.50 bits per heavy atom. The molecule has 1 aromatic heterocycles. The summed E-state index contributed by atoms with van der Waals surface area (Å²) >= 11 is 1.81. The summed E-state index contributed by atoms with van der Waals surface area (Å²) in [7, 11) is 0. The Kier molecular flexibility index (Phi) is 7.86. The average molecular weight is 295 g/mol. The van der Waals surface area contributed by atoms with Crippen LogP contribution in [0.5, 0.6) is 0 Å². The van der Waals surface area contributed by atoms with Gasteiger partial charge in [-0.2, -0.15) is 0 Å². The average Bonchev–Trinajstić information content (AvgIpc) is 2.83. The Hall–Kier alpha value is -0.860. The smallest absolute Gasteiger partial charge is 0.107 e. The van der Waals surface area contributed by atoms with Gasteiger partial charge in [0.05, 0.1) is 12.7 Å². The van der Waals surface area contributed by atoms with E-state index in [0.717, 1.165) is 13.0 Å². The molecule has 0 aliphatic carbocycles. The summed E-state index contributed by atoms with van der Waals surface area (Å²) in [6, 6.07) is 4.73. The molecule has 3 nitrogen and oxygen atoms in total. The molecule has 0 unspecified atom stereocenters. The van der Waals surface area contributed by atoms with Gasteiger partial charge in [-0.1, -0.05) is 12.8 Å². The van der Waals surface area contributed by atoms with Gasteiger partial charge in [0, 0.05) is 28.9 Å². The molecular formula is C16H25NO2S. The van der Waals surface area contributed by atoms with Gasteiger partial charge >= 0.3 is 0 Å². The number of rotatable bonds is 9. The molecule has 0 spiro atoms. The van der Waals surface area contributed by atoms with E-state index in [1.165, 1.54) is 9.75 Å². The van der Waals surface area contributed by atoms with E-state index in [2.05, 4.69) is 43.7 Å². The van der Waals surface area contributed by atoms with Crippen LogP contribution >= 0.6 is 11.3 Å². The first kappa shape index (κ1) is 17.2. The minimum atomic E-state index is -0.501. The van der Waals surface area contributed by atoms with Gasteiger partial charge in [0.2, 0.25) is 0 Å². The maximum atomic E-state index is 10.0. The normalized spacial score (nSPS) is 14.2. The second-order valence-corrected chi connectivity index (χ2v) is 6.44. The molecule has 4 heteroatoms. The van der Waals surface area contributed by atoms with Crippen molar-refractivity contribution in [2.24, 2.45) is 0 Å². The standard InChI is InChI=1S/C16H25NO2S/c1-5-9-19-12-15(18)10-17(13(3)6-2)11-16-8-7-14(4)20-16/h1,7-8,13,15,18H,6,9-12H2,2-4H3/t13-,15+/m1/s1. The Morgan fingerprint density at radius 3 is 2.80 bits per heavy atom. The van der Waals surface area contributed by atoms with E-state index in [4.69, 9.17) is 11.2 Å². The number of ether oxygens (including phenoxy) is 1. The minimum Gasteiger partial charge on any atom is -0.389 e. The van der Waals surface area contributed by atoms with Crippen LogP contribution in [0.2, 0.25) is 0 Å². The summed E-state index contributed by atoms with van der Waals surface area (Å²) in [4.78, 5) is 4.95. The minimum absolute atomic E-state index is 0.254. The molecule has 1 rings (SSSR count). The predicted octanol–water partition coefficient (Wildman–Crippen LogP) is 2.67. The van der Waals surface area contributed by atoms with Crippen LogP contribution in [0.15, 0.2) is 12.1 Å². The summed E-state index contributed by atoms with van der Waals surface area (Å²) in [5.74, 6) is 2.41. The van der Waals surface area contributed by atoms with Crippen LogP contribution < -0.4 is 0 Å². The number of nitrogens with zero attached hydrogens (tertiary/aromatic N) is 1. The van der Waals surface area contributed by atoms with Gasteiger partial charge < -0.3 is 9.84 Å². The molecule has 20 heavy (non-hydrogen) atoms. The lowest BCUT2D eigenvalue weighted by Gasteiger charge is -2.29. The van der Waals surface area contributed by atoms with E-state index in [0.29, 0.717) is 19.2 Å². The summed E-state index contributed by atoms with van der Waals surface area (Å²) < 4.78 is 5.20. The Bertz CT molecular complexity index is 424. The van der Waals surface area contributed by atoms with Crippen LogP contribution in [-0.2, 0) is 11.3 Å². The summed E-state index contributed by atoms with van der Waals surface area (Å²) in [5.41, 5.74) is 0. The van der Waals surface area contributed by atoms with E-state index >= 15 is 0 Å². The molecule has 0 bridgehead atoms. The van der Waals surface area contributed by atoms with Gasteiger partial charge in [-0.25, -0.2) is 0 Å². The van der Waals surface area contributed by atoms with Crippen LogP contribution in [0.25, 0.3) is 0 Å². The van der Waals surface area contributed by atoms with Crippen LogP contribution in [0, 0.1) is 19.3 Å². The zero-order chi connectivity index (χ0) is 15.0. The van der Waals surface area contributed by atoms with E-state index < -0.39 is 6.10 Å². The molecule has 112 valence electrons. The van der Waals surface area contributed by atoms with Gasteiger partial charge in [0.25, 0.3) is 0 Å². The Morgan fingerprint density at radius 2 is 2.25 bits per heavy atom. The van der Waals surface area contributed by atoms with Crippen molar-refractivity contribution < 1.29 is 9.84 Å². The molecule has 0 radical (unpaired) electrons. The van der Waals surface area contributed by atoms with Crippen molar-refractivity contribution in [2.75, 3.05) is 19.8 Å². The van der Waals surface area contributed by atoms with Crippen molar-refractivity contribution in [3.63, 3.8) is 0 Å². The molecule has 0 saturated carbocycles. The first-order chi connectivity index (χ1) is 9.56. The fraction of sp³-hybridized carbons (Fsp3) is 0.625. The molecular weight excluding hydrogens is 270 g/mol. The molecule has 1 aromatic rings. The second-order valence-electron chi connectivity index (χ2n) is 5.07. The molecule has 1 heterocycles. The summed E-state index contributed by atoms with van der Waals surface area (Å²) in [5, 5.41) is 10.0. The third-order valence-corrected chi connectivity index (χ3v) is 4.30. The number of aryl methyl sites for hydroxylation is 1. The monoisotopic (exact) mass is 295 g/mol. The van der Waals surface area contributed by atoms with Crippen molar-refractivity contribution in [3.8, 4) is 12.3 Å². The van der Waals surface area contributed by atoms with Crippen LogP contribution in [-0.4, -0.2) is 41.9 Å². The van der Waals surface area contributed by atoms with Gasteiger partial charge in [0.15, 0.2) is 0 Å². The van der Waals surface area contributed by atoms with Crippen molar-refractivity contribution in [3.05, 3.63) is 21.9 Å². The number of terminal acetylenes is 1. The lowest BCUT2D eigenvalue weighted by molar-refractivity contribution is 0.0173. The molecule has 0 aliphatic heterocycles. The number of aliphatic hydroxyl groups excluding tert-OH is 1. The van der Waals surface area contributed by atoms with Gasteiger partial charge in [0.1, 0.15) is 6.61 Å². The summed E-state index contributed by atoms with van der Waals surface area (Å²) in [6.07, 6.45) is 5.68. The third kappa shape index (κ3) is 6.06. The molecule has 0 aromatic carbocycles. The third-order valence-electron chi connectivity index (χ3n) is 3.31. The highest BCUT2D eigenvalue weighted by Crippen LogP contribution is 2.19. The molecule has 0 saturated heterocycles. The SMILES string of the molecule is C#CCOC[C@@H](O)CN(Cc1ccc(C)s1)[C@H](C)CC. The lowest BCUT2D eigenvalue weighted by atomic mass is 10.2. The fourth-order valence-electron chi connectivity index (χ4n) is 2.01. The van der Waals surface area contributed by atoms with Crippen molar-refractivity contribution in [2.45, 2.75) is 45.9 Å². The highest BCUT2D eigenvalue weighted by molar-refractivity contribution is 7.11. The number of hydrogen-bond donors (Lipinski definition) is 1. The van der Waals surface area contributed by atoms with Crippen LogP contribution in [0.3, 0.4) is 0 Å². The number of aliphatic hydroxyl groups is 1. The number of hydrogen-bond acceptors (Lipinski definition) is 4. The van der Waals surface area contributed by atoms with Gasteiger partial charge in [-0.3, -0.25) is 4.90 Å². The quantitative estimate of drug-likeness (QED) is 0.561. The largest absolute Gasteiger partial charge is 0.389 e. The summed E-state index contributed by atoms with van der Waals surface area (Å²) in [6.45, 7) is 8.50. The topological polar surface area (TPSA) is 32.7 Å². The molecule has 1 N–H and O–H groups in total. The maximum Gasteiger partial charge on any atom is 0.107 e. The van der Waals surface area contributed by atoms with Crippen LogP contribution in [0.1, 0.15) is 30.0 Å². The Balaban J connectivity index is 2.53.